The molecule has 3 rings (SSSR count). The molecule has 1 aromatic heterocycles. The first-order valence-corrected chi connectivity index (χ1v) is 10.0. The Bertz CT molecular complexity index is 803. The zero-order chi connectivity index (χ0) is 19.4. The number of aromatic nitrogens is 2. The molecule has 2 aromatic rings. The molecule has 1 aliphatic rings. The Hall–Kier alpha value is -2.43. The van der Waals surface area contributed by atoms with Crippen molar-refractivity contribution >= 4 is 17.4 Å². The van der Waals surface area contributed by atoms with Gasteiger partial charge in [-0.05, 0) is 50.2 Å². The van der Waals surface area contributed by atoms with Crippen LogP contribution in [0.15, 0.2) is 30.3 Å². The standard InChI is InChI=1S/C22H30N4O/c1-5-17-10-8-9-13-26(17)22(27)20-14-21(24-16(4)23-20)25-19-12-7-6-11-18(19)15(2)3/h6-7,11-12,14-15,17H,5,8-10,13H2,1-4H3,(H,23,24,25). The lowest BCUT2D eigenvalue weighted by Gasteiger charge is -2.35. The summed E-state index contributed by atoms with van der Waals surface area (Å²) in [5, 5.41) is 3.40. The van der Waals surface area contributed by atoms with Gasteiger partial charge in [0.25, 0.3) is 5.91 Å². The van der Waals surface area contributed by atoms with E-state index < -0.39 is 0 Å². The van der Waals surface area contributed by atoms with Crippen molar-refractivity contribution in [2.45, 2.75) is 65.3 Å². The molecule has 1 unspecified atom stereocenters. The smallest absolute Gasteiger partial charge is 0.272 e. The third-order valence-corrected chi connectivity index (χ3v) is 5.26. The number of nitrogens with one attached hydrogen (secondary N) is 1. The molecule has 1 atom stereocenters. The summed E-state index contributed by atoms with van der Waals surface area (Å²) in [6.45, 7) is 9.14. The highest BCUT2D eigenvalue weighted by atomic mass is 16.2. The molecular weight excluding hydrogens is 336 g/mol. The second-order valence-corrected chi connectivity index (χ2v) is 7.61. The summed E-state index contributed by atoms with van der Waals surface area (Å²) in [6, 6.07) is 10.3. The lowest BCUT2D eigenvalue weighted by atomic mass is 9.99. The number of carbonyl (C=O) groups excluding carboxylic acids is 1. The third-order valence-electron chi connectivity index (χ3n) is 5.26. The fraction of sp³-hybridized carbons (Fsp3) is 0.500. The van der Waals surface area contributed by atoms with E-state index in [9.17, 15) is 4.79 Å². The fourth-order valence-electron chi connectivity index (χ4n) is 3.83. The molecule has 0 radical (unpaired) electrons. The first kappa shape index (κ1) is 19.3. The molecule has 5 nitrogen and oxygen atoms in total. The quantitative estimate of drug-likeness (QED) is 0.804. The van der Waals surface area contributed by atoms with E-state index in [1.165, 1.54) is 12.0 Å². The first-order chi connectivity index (χ1) is 13.0. The highest BCUT2D eigenvalue weighted by Gasteiger charge is 2.27. The molecule has 1 fully saturated rings. The normalized spacial score (nSPS) is 17.2. The lowest BCUT2D eigenvalue weighted by Crippen LogP contribution is -2.43. The number of anilines is 2. The van der Waals surface area contributed by atoms with Crippen molar-refractivity contribution < 1.29 is 4.79 Å². The average Bonchev–Trinajstić information content (AvgIpc) is 2.67. The van der Waals surface area contributed by atoms with Crippen molar-refractivity contribution in [3.8, 4) is 0 Å². The van der Waals surface area contributed by atoms with Gasteiger partial charge in [-0.2, -0.15) is 0 Å². The number of nitrogens with zero attached hydrogens (tertiary/aromatic N) is 3. The fourth-order valence-corrected chi connectivity index (χ4v) is 3.83. The molecule has 0 bridgehead atoms. The molecule has 2 heterocycles. The van der Waals surface area contributed by atoms with Gasteiger partial charge in [0.2, 0.25) is 0 Å². The van der Waals surface area contributed by atoms with Crippen LogP contribution in [0.5, 0.6) is 0 Å². The van der Waals surface area contributed by atoms with Gasteiger partial charge in [0.15, 0.2) is 0 Å². The Morgan fingerprint density at radius 1 is 1.26 bits per heavy atom. The predicted molar refractivity (Wildman–Crippen MR) is 110 cm³/mol. The molecule has 5 heteroatoms. The number of hydrogen-bond donors (Lipinski definition) is 1. The summed E-state index contributed by atoms with van der Waals surface area (Å²) in [5.41, 5.74) is 2.73. The van der Waals surface area contributed by atoms with E-state index in [-0.39, 0.29) is 5.91 Å². The van der Waals surface area contributed by atoms with Crippen molar-refractivity contribution in [2.75, 3.05) is 11.9 Å². The molecule has 144 valence electrons. The highest BCUT2D eigenvalue weighted by molar-refractivity contribution is 5.93. The zero-order valence-electron chi connectivity index (χ0n) is 16.8. The Morgan fingerprint density at radius 2 is 2.04 bits per heavy atom. The van der Waals surface area contributed by atoms with E-state index in [0.717, 1.165) is 31.5 Å². The molecular formula is C22H30N4O. The minimum Gasteiger partial charge on any atom is -0.340 e. The van der Waals surface area contributed by atoms with Crippen molar-refractivity contribution in [1.82, 2.24) is 14.9 Å². The van der Waals surface area contributed by atoms with Crippen molar-refractivity contribution in [3.63, 3.8) is 0 Å². The van der Waals surface area contributed by atoms with E-state index in [0.29, 0.717) is 29.3 Å². The second-order valence-electron chi connectivity index (χ2n) is 7.61. The number of aryl methyl sites for hydroxylation is 1. The third kappa shape index (κ3) is 4.46. The number of benzene rings is 1. The molecule has 1 aromatic carbocycles. The molecule has 1 amide bonds. The lowest BCUT2D eigenvalue weighted by molar-refractivity contribution is 0.0601. The average molecular weight is 367 g/mol. The van der Waals surface area contributed by atoms with Crippen LogP contribution in [0, 0.1) is 6.92 Å². The first-order valence-electron chi connectivity index (χ1n) is 10.0. The number of hydrogen-bond acceptors (Lipinski definition) is 4. The van der Waals surface area contributed by atoms with Crippen molar-refractivity contribution in [3.05, 3.63) is 47.4 Å². The van der Waals surface area contributed by atoms with Crippen LogP contribution in [0.2, 0.25) is 0 Å². The number of piperidine rings is 1. The summed E-state index contributed by atoms with van der Waals surface area (Å²) >= 11 is 0. The van der Waals surface area contributed by atoms with Gasteiger partial charge >= 0.3 is 0 Å². The number of para-hydroxylation sites is 1. The Labute approximate surface area is 162 Å². The molecule has 27 heavy (non-hydrogen) atoms. The van der Waals surface area contributed by atoms with E-state index in [1.807, 2.05) is 30.0 Å². The van der Waals surface area contributed by atoms with Gasteiger partial charge in [0.1, 0.15) is 17.3 Å². The molecule has 0 saturated carbocycles. The maximum absolute atomic E-state index is 13.1. The van der Waals surface area contributed by atoms with Crippen molar-refractivity contribution in [2.24, 2.45) is 0 Å². The molecule has 0 spiro atoms. The summed E-state index contributed by atoms with van der Waals surface area (Å²) in [5.74, 6) is 1.70. The van der Waals surface area contributed by atoms with E-state index >= 15 is 0 Å². The molecule has 0 aliphatic carbocycles. The van der Waals surface area contributed by atoms with Crippen LogP contribution in [-0.2, 0) is 0 Å². The van der Waals surface area contributed by atoms with Gasteiger partial charge in [-0.1, -0.05) is 39.0 Å². The zero-order valence-corrected chi connectivity index (χ0v) is 16.8. The number of rotatable bonds is 5. The Morgan fingerprint density at radius 3 is 2.78 bits per heavy atom. The Kier molecular flexibility index (Phi) is 6.09. The van der Waals surface area contributed by atoms with Crippen LogP contribution in [-0.4, -0.2) is 33.4 Å². The monoisotopic (exact) mass is 366 g/mol. The van der Waals surface area contributed by atoms with Gasteiger partial charge in [-0.3, -0.25) is 4.79 Å². The van der Waals surface area contributed by atoms with E-state index in [1.54, 1.807) is 6.07 Å². The number of likely N-dealkylation sites (tertiary alicyclic amines) is 1. The van der Waals surface area contributed by atoms with Gasteiger partial charge < -0.3 is 10.2 Å². The van der Waals surface area contributed by atoms with Gasteiger partial charge in [0.05, 0.1) is 0 Å². The van der Waals surface area contributed by atoms with Crippen LogP contribution in [0.3, 0.4) is 0 Å². The van der Waals surface area contributed by atoms with Crippen LogP contribution in [0.25, 0.3) is 0 Å². The topological polar surface area (TPSA) is 58.1 Å². The van der Waals surface area contributed by atoms with Crippen molar-refractivity contribution in [1.29, 1.82) is 0 Å². The van der Waals surface area contributed by atoms with Gasteiger partial charge in [-0.25, -0.2) is 9.97 Å². The number of amides is 1. The van der Waals surface area contributed by atoms with Crippen LogP contribution >= 0.6 is 0 Å². The Balaban J connectivity index is 1.88. The van der Waals surface area contributed by atoms with Crippen LogP contribution in [0.4, 0.5) is 11.5 Å². The SMILES string of the molecule is CCC1CCCCN1C(=O)c1cc(Nc2ccccc2C(C)C)nc(C)n1. The summed E-state index contributed by atoms with van der Waals surface area (Å²) in [7, 11) is 0. The van der Waals surface area contributed by atoms with E-state index in [2.05, 4.69) is 42.1 Å². The summed E-state index contributed by atoms with van der Waals surface area (Å²) < 4.78 is 0. The molecule has 1 saturated heterocycles. The predicted octanol–water partition coefficient (Wildman–Crippen LogP) is 5.06. The minimum absolute atomic E-state index is 0.0206. The number of carbonyl (C=O) groups is 1. The maximum atomic E-state index is 13.1. The van der Waals surface area contributed by atoms with Crippen LogP contribution < -0.4 is 5.32 Å². The largest absolute Gasteiger partial charge is 0.340 e. The van der Waals surface area contributed by atoms with Gasteiger partial charge in [-0.15, -0.1) is 0 Å². The summed E-state index contributed by atoms with van der Waals surface area (Å²) in [6.07, 6.45) is 4.34. The second kappa shape index (κ2) is 8.51. The molecule has 1 aliphatic heterocycles. The molecule has 1 N–H and O–H groups in total. The summed E-state index contributed by atoms with van der Waals surface area (Å²) in [4.78, 5) is 24.0. The van der Waals surface area contributed by atoms with Gasteiger partial charge in [0, 0.05) is 24.3 Å². The highest BCUT2D eigenvalue weighted by Crippen LogP contribution is 2.27. The van der Waals surface area contributed by atoms with E-state index in [4.69, 9.17) is 0 Å². The maximum Gasteiger partial charge on any atom is 0.272 e. The minimum atomic E-state index is 0.0206. The van der Waals surface area contributed by atoms with Crippen LogP contribution in [0.1, 0.15) is 74.2 Å².